The van der Waals surface area contributed by atoms with Crippen LogP contribution < -0.4 is 11.1 Å². The van der Waals surface area contributed by atoms with E-state index in [0.717, 1.165) is 6.42 Å². The van der Waals surface area contributed by atoms with Crippen molar-refractivity contribution in [1.29, 1.82) is 5.26 Å². The Kier molecular flexibility index (Phi) is 6.18. The molecular weight excluding hydrogens is 308 g/mol. The van der Waals surface area contributed by atoms with Crippen molar-refractivity contribution >= 4 is 17.7 Å². The Morgan fingerprint density at radius 1 is 1.17 bits per heavy atom. The Hall–Kier alpha value is -2.10. The van der Waals surface area contributed by atoms with Gasteiger partial charge in [0.25, 0.3) is 0 Å². The molecule has 0 atom stereocenters. The fourth-order valence-electron chi connectivity index (χ4n) is 3.65. The summed E-state index contributed by atoms with van der Waals surface area (Å²) in [7, 11) is 0. The number of carbonyl (C=O) groups is 3. The fraction of sp³-hybridized carbons (Fsp3) is 0.765. The van der Waals surface area contributed by atoms with Gasteiger partial charge in [-0.2, -0.15) is 5.26 Å². The van der Waals surface area contributed by atoms with E-state index < -0.39 is 17.4 Å². The van der Waals surface area contributed by atoms with E-state index in [0.29, 0.717) is 25.2 Å². The summed E-state index contributed by atoms with van der Waals surface area (Å²) in [6.07, 6.45) is 8.13. The van der Waals surface area contributed by atoms with Gasteiger partial charge in [-0.3, -0.25) is 14.4 Å². The molecule has 0 spiro atoms. The molecule has 0 aromatic heterocycles. The number of primary amides is 1. The van der Waals surface area contributed by atoms with Crippen LogP contribution in [0.2, 0.25) is 0 Å². The van der Waals surface area contributed by atoms with Gasteiger partial charge >= 0.3 is 11.8 Å². The highest BCUT2D eigenvalue weighted by atomic mass is 16.2. The van der Waals surface area contributed by atoms with Crippen molar-refractivity contribution in [3.8, 4) is 6.07 Å². The van der Waals surface area contributed by atoms with Crippen LogP contribution in [0, 0.1) is 17.2 Å². The SMILES string of the molecule is N#CC1(NC(=O)CCC2CCCCC2)CCN(C(=O)C(N)=O)CC1. The van der Waals surface area contributed by atoms with Crippen LogP contribution in [0.5, 0.6) is 0 Å². The summed E-state index contributed by atoms with van der Waals surface area (Å²) in [4.78, 5) is 36.1. The molecule has 1 saturated heterocycles. The standard InChI is InChI=1S/C17H26N4O3/c18-12-17(8-10-21(11-9-17)16(24)15(19)23)20-14(22)7-6-13-4-2-1-3-5-13/h13H,1-11H2,(H2,19,23)(H,20,22). The summed E-state index contributed by atoms with van der Waals surface area (Å²) in [6, 6.07) is 2.19. The maximum absolute atomic E-state index is 12.2. The Bertz CT molecular complexity index is 526. The molecule has 0 bridgehead atoms. The first-order chi connectivity index (χ1) is 11.5. The quantitative estimate of drug-likeness (QED) is 0.741. The lowest BCUT2D eigenvalue weighted by atomic mass is 9.85. The van der Waals surface area contributed by atoms with Crippen LogP contribution in [-0.4, -0.2) is 41.2 Å². The molecule has 2 fully saturated rings. The van der Waals surface area contributed by atoms with Gasteiger partial charge in [0.1, 0.15) is 5.54 Å². The Morgan fingerprint density at radius 2 is 1.79 bits per heavy atom. The van der Waals surface area contributed by atoms with E-state index in [1.807, 2.05) is 0 Å². The molecule has 3 amide bonds. The summed E-state index contributed by atoms with van der Waals surface area (Å²) in [5.74, 6) is -1.20. The molecule has 0 aromatic carbocycles. The van der Waals surface area contributed by atoms with Crippen molar-refractivity contribution < 1.29 is 14.4 Å². The minimum absolute atomic E-state index is 0.100. The van der Waals surface area contributed by atoms with Crippen molar-refractivity contribution in [2.45, 2.75) is 63.3 Å². The highest BCUT2D eigenvalue weighted by molar-refractivity contribution is 6.34. The molecule has 2 aliphatic rings. The number of nitriles is 1. The predicted molar refractivity (Wildman–Crippen MR) is 87.3 cm³/mol. The topological polar surface area (TPSA) is 116 Å². The van der Waals surface area contributed by atoms with Gasteiger partial charge in [0.15, 0.2) is 0 Å². The maximum Gasteiger partial charge on any atom is 0.311 e. The van der Waals surface area contributed by atoms with Crippen LogP contribution in [0.3, 0.4) is 0 Å². The summed E-state index contributed by atoms with van der Waals surface area (Å²) in [6.45, 7) is 0.497. The molecule has 0 radical (unpaired) electrons. The van der Waals surface area contributed by atoms with Gasteiger partial charge in [-0.15, -0.1) is 0 Å². The summed E-state index contributed by atoms with van der Waals surface area (Å²) in [5.41, 5.74) is 4.05. The predicted octanol–water partition coefficient (Wildman–Crippen LogP) is 0.833. The minimum atomic E-state index is -0.990. The molecule has 1 aliphatic carbocycles. The van der Waals surface area contributed by atoms with Crippen molar-refractivity contribution in [2.75, 3.05) is 13.1 Å². The average molecular weight is 334 g/mol. The number of amides is 3. The van der Waals surface area contributed by atoms with Gasteiger partial charge in [-0.05, 0) is 12.3 Å². The largest absolute Gasteiger partial charge is 0.361 e. The monoisotopic (exact) mass is 334 g/mol. The molecule has 3 N–H and O–H groups in total. The normalized spacial score (nSPS) is 20.9. The minimum Gasteiger partial charge on any atom is -0.361 e. The molecule has 7 nitrogen and oxygen atoms in total. The Morgan fingerprint density at radius 3 is 2.33 bits per heavy atom. The second-order valence-corrected chi connectivity index (χ2v) is 6.94. The van der Waals surface area contributed by atoms with E-state index in [2.05, 4.69) is 11.4 Å². The van der Waals surface area contributed by atoms with E-state index in [9.17, 15) is 19.6 Å². The van der Waals surface area contributed by atoms with Gasteiger partial charge in [-0.1, -0.05) is 32.1 Å². The van der Waals surface area contributed by atoms with Crippen molar-refractivity contribution in [2.24, 2.45) is 11.7 Å². The zero-order valence-corrected chi connectivity index (χ0v) is 14.1. The first-order valence-electron chi connectivity index (χ1n) is 8.77. The molecule has 1 saturated carbocycles. The van der Waals surface area contributed by atoms with Crippen molar-refractivity contribution in [3.63, 3.8) is 0 Å². The molecule has 0 aromatic rings. The van der Waals surface area contributed by atoms with Crippen molar-refractivity contribution in [1.82, 2.24) is 10.2 Å². The highest BCUT2D eigenvalue weighted by Gasteiger charge is 2.38. The fourth-order valence-corrected chi connectivity index (χ4v) is 3.65. The van der Waals surface area contributed by atoms with Gasteiger partial charge in [0, 0.05) is 32.4 Å². The van der Waals surface area contributed by atoms with E-state index >= 15 is 0 Å². The number of hydrogen-bond donors (Lipinski definition) is 2. The third-order valence-electron chi connectivity index (χ3n) is 5.21. The zero-order chi connectivity index (χ0) is 17.6. The van der Waals surface area contributed by atoms with Crippen LogP contribution >= 0.6 is 0 Å². The molecule has 1 aliphatic heterocycles. The average Bonchev–Trinajstić information content (AvgIpc) is 2.61. The molecule has 7 heteroatoms. The summed E-state index contributed by atoms with van der Waals surface area (Å²) >= 11 is 0. The lowest BCUT2D eigenvalue weighted by Crippen LogP contribution is -2.56. The first-order valence-corrected chi connectivity index (χ1v) is 8.77. The van der Waals surface area contributed by atoms with Crippen molar-refractivity contribution in [3.05, 3.63) is 0 Å². The third kappa shape index (κ3) is 4.70. The highest BCUT2D eigenvalue weighted by Crippen LogP contribution is 2.28. The second kappa shape index (κ2) is 8.13. The van der Waals surface area contributed by atoms with E-state index in [1.54, 1.807) is 0 Å². The number of carbonyl (C=O) groups excluding carboxylic acids is 3. The maximum atomic E-state index is 12.2. The number of nitrogens with one attached hydrogen (secondary N) is 1. The van der Waals surface area contributed by atoms with Crippen LogP contribution in [0.25, 0.3) is 0 Å². The number of rotatable bonds is 4. The summed E-state index contributed by atoms with van der Waals surface area (Å²) < 4.78 is 0. The van der Waals surface area contributed by atoms with E-state index in [1.165, 1.54) is 37.0 Å². The van der Waals surface area contributed by atoms with Gasteiger partial charge in [0.2, 0.25) is 5.91 Å². The molecule has 1 heterocycles. The number of piperidine rings is 1. The Labute approximate surface area is 142 Å². The molecule has 0 unspecified atom stereocenters. The number of likely N-dealkylation sites (tertiary alicyclic amines) is 1. The molecular formula is C17H26N4O3. The van der Waals surface area contributed by atoms with Crippen LogP contribution in [0.1, 0.15) is 57.8 Å². The van der Waals surface area contributed by atoms with Gasteiger partial charge in [0.05, 0.1) is 6.07 Å². The molecule has 132 valence electrons. The van der Waals surface area contributed by atoms with Crippen LogP contribution in [0.15, 0.2) is 0 Å². The Balaban J connectivity index is 1.81. The lowest BCUT2D eigenvalue weighted by molar-refractivity contribution is -0.145. The zero-order valence-electron chi connectivity index (χ0n) is 14.1. The first kappa shape index (κ1) is 18.2. The number of nitrogens with zero attached hydrogens (tertiary/aromatic N) is 2. The summed E-state index contributed by atoms with van der Waals surface area (Å²) in [5, 5.41) is 12.3. The van der Waals surface area contributed by atoms with Gasteiger partial charge in [-0.25, -0.2) is 0 Å². The molecule has 2 rings (SSSR count). The lowest BCUT2D eigenvalue weighted by Gasteiger charge is -2.37. The molecule has 24 heavy (non-hydrogen) atoms. The van der Waals surface area contributed by atoms with Crippen LogP contribution in [-0.2, 0) is 14.4 Å². The van der Waals surface area contributed by atoms with Gasteiger partial charge < -0.3 is 16.0 Å². The van der Waals surface area contributed by atoms with E-state index in [4.69, 9.17) is 5.73 Å². The van der Waals surface area contributed by atoms with Crippen LogP contribution in [0.4, 0.5) is 0 Å². The van der Waals surface area contributed by atoms with E-state index in [-0.39, 0.29) is 19.0 Å². The number of hydrogen-bond acceptors (Lipinski definition) is 4. The number of nitrogens with two attached hydrogens (primary N) is 1. The second-order valence-electron chi connectivity index (χ2n) is 6.94. The smallest absolute Gasteiger partial charge is 0.311 e. The third-order valence-corrected chi connectivity index (χ3v) is 5.21.